The molecule has 3 nitrogen and oxygen atoms in total. The van der Waals surface area contributed by atoms with Gasteiger partial charge in [-0.25, -0.2) is 8.42 Å². The number of sulfone groups is 1. The Morgan fingerprint density at radius 1 is 1.22 bits per heavy atom. The van der Waals surface area contributed by atoms with Gasteiger partial charge in [0.25, 0.3) is 0 Å². The number of hydrogen-bond donors (Lipinski definition) is 1. The van der Waals surface area contributed by atoms with Gasteiger partial charge in [-0.15, -0.1) is 11.3 Å². The monoisotopic (exact) mass is 282 g/mol. The van der Waals surface area contributed by atoms with Crippen molar-refractivity contribution in [1.82, 2.24) is 0 Å². The molecule has 1 atom stereocenters. The first-order chi connectivity index (χ1) is 8.55. The summed E-state index contributed by atoms with van der Waals surface area (Å²) in [5, 5.41) is 1.22. The summed E-state index contributed by atoms with van der Waals surface area (Å²) in [4.78, 5) is 0. The Hall–Kier alpha value is -1.17. The molecule has 0 spiro atoms. The summed E-state index contributed by atoms with van der Waals surface area (Å²) in [6, 6.07) is 11.0. The first-order valence-corrected chi connectivity index (χ1v) is 8.11. The second-order valence-corrected chi connectivity index (χ2v) is 7.47. The van der Waals surface area contributed by atoms with Gasteiger partial charge in [0.05, 0.1) is 6.54 Å². The van der Waals surface area contributed by atoms with Crippen LogP contribution in [0.15, 0.2) is 46.0 Å². The number of aryl methyl sites for hydroxylation is 1. The van der Waals surface area contributed by atoms with E-state index in [-0.39, 0.29) is 0 Å². The van der Waals surface area contributed by atoms with Crippen LogP contribution < -0.4 is 5.73 Å². The van der Waals surface area contributed by atoms with E-state index in [1.54, 1.807) is 17.5 Å². The molecule has 0 saturated carbocycles. The molecule has 5 heteroatoms. The molecule has 0 aliphatic carbocycles. The van der Waals surface area contributed by atoms with Crippen molar-refractivity contribution >= 4 is 21.2 Å². The zero-order valence-corrected chi connectivity index (χ0v) is 11.8. The molecule has 3 N–H and O–H groups in total. The zero-order chi connectivity index (χ0) is 13.2. The van der Waals surface area contributed by atoms with Crippen molar-refractivity contribution in [1.29, 1.82) is 0 Å². The largest absolute Gasteiger partial charge is 0.356 e. The summed E-state index contributed by atoms with van der Waals surface area (Å²) >= 11 is 1.26. The SMILES string of the molecule is Cc1ccc([C@H](C[NH3+])S(=O)(=O)c2cccs2)cc1. The first-order valence-electron chi connectivity index (χ1n) is 5.69. The summed E-state index contributed by atoms with van der Waals surface area (Å²) in [6.45, 7) is 2.32. The molecule has 2 rings (SSSR count). The maximum Gasteiger partial charge on any atom is 0.200 e. The molecule has 0 saturated heterocycles. The maximum absolute atomic E-state index is 12.5. The van der Waals surface area contributed by atoms with E-state index in [1.807, 2.05) is 31.2 Å². The third-order valence-electron chi connectivity index (χ3n) is 2.86. The van der Waals surface area contributed by atoms with E-state index in [1.165, 1.54) is 11.3 Å². The van der Waals surface area contributed by atoms with Crippen LogP contribution in [0.3, 0.4) is 0 Å². The van der Waals surface area contributed by atoms with E-state index in [4.69, 9.17) is 0 Å². The summed E-state index contributed by atoms with van der Waals surface area (Å²) in [5.74, 6) is 0. The lowest BCUT2D eigenvalue weighted by molar-refractivity contribution is -0.367. The first kappa shape index (κ1) is 13.3. The average Bonchev–Trinajstić information content (AvgIpc) is 2.86. The van der Waals surface area contributed by atoms with Crippen LogP contribution in [0.1, 0.15) is 16.4 Å². The minimum absolute atomic E-state index is 0.337. The van der Waals surface area contributed by atoms with Crippen LogP contribution in [0.2, 0.25) is 0 Å². The van der Waals surface area contributed by atoms with Crippen molar-refractivity contribution in [3.8, 4) is 0 Å². The van der Waals surface area contributed by atoms with Crippen LogP contribution in [0.25, 0.3) is 0 Å². The fraction of sp³-hybridized carbons (Fsp3) is 0.231. The Morgan fingerprint density at radius 3 is 2.39 bits per heavy atom. The van der Waals surface area contributed by atoms with Gasteiger partial charge in [0.2, 0.25) is 0 Å². The fourth-order valence-electron chi connectivity index (χ4n) is 1.85. The number of hydrogen-bond acceptors (Lipinski definition) is 3. The van der Waals surface area contributed by atoms with Gasteiger partial charge in [-0.05, 0) is 23.9 Å². The minimum atomic E-state index is -3.32. The van der Waals surface area contributed by atoms with Crippen LogP contribution in [0.4, 0.5) is 0 Å². The van der Waals surface area contributed by atoms with Crippen molar-refractivity contribution in [2.24, 2.45) is 0 Å². The van der Waals surface area contributed by atoms with E-state index >= 15 is 0 Å². The summed E-state index contributed by atoms with van der Waals surface area (Å²) in [5.41, 5.74) is 5.72. The topological polar surface area (TPSA) is 61.8 Å². The Kier molecular flexibility index (Phi) is 3.85. The summed E-state index contributed by atoms with van der Waals surface area (Å²) < 4.78 is 25.4. The van der Waals surface area contributed by atoms with Gasteiger partial charge in [0.15, 0.2) is 9.84 Å². The molecular weight excluding hydrogens is 266 g/mol. The van der Waals surface area contributed by atoms with E-state index < -0.39 is 15.1 Å². The molecule has 0 fully saturated rings. The van der Waals surface area contributed by atoms with Crippen molar-refractivity contribution < 1.29 is 14.2 Å². The molecular formula is C13H16NO2S2+. The molecule has 0 aliphatic rings. The van der Waals surface area contributed by atoms with Crippen LogP contribution in [-0.4, -0.2) is 15.0 Å². The lowest BCUT2D eigenvalue weighted by atomic mass is 10.1. The molecule has 96 valence electrons. The van der Waals surface area contributed by atoms with Gasteiger partial charge in [0, 0.05) is 0 Å². The van der Waals surface area contributed by atoms with E-state index in [9.17, 15) is 8.42 Å². The molecule has 18 heavy (non-hydrogen) atoms. The van der Waals surface area contributed by atoms with E-state index in [2.05, 4.69) is 5.73 Å². The third-order valence-corrected chi connectivity index (χ3v) is 6.46. The Labute approximate surface area is 111 Å². The normalized spacial score (nSPS) is 13.4. The van der Waals surface area contributed by atoms with Gasteiger partial charge in [-0.3, -0.25) is 0 Å². The predicted molar refractivity (Wildman–Crippen MR) is 73.2 cm³/mol. The number of quaternary nitrogens is 1. The molecule has 0 amide bonds. The average molecular weight is 282 g/mol. The van der Waals surface area contributed by atoms with Gasteiger partial charge < -0.3 is 5.73 Å². The highest BCUT2D eigenvalue weighted by atomic mass is 32.2. The molecule has 0 unspecified atom stereocenters. The molecule has 0 aliphatic heterocycles. The predicted octanol–water partition coefficient (Wildman–Crippen LogP) is 1.81. The molecule has 1 heterocycles. The lowest BCUT2D eigenvalue weighted by Crippen LogP contribution is -2.54. The lowest BCUT2D eigenvalue weighted by Gasteiger charge is -2.13. The highest BCUT2D eigenvalue weighted by Crippen LogP contribution is 2.30. The van der Waals surface area contributed by atoms with E-state index in [0.717, 1.165) is 11.1 Å². The van der Waals surface area contributed by atoms with Crippen molar-refractivity contribution in [3.63, 3.8) is 0 Å². The molecule has 1 aromatic carbocycles. The summed E-state index contributed by atoms with van der Waals surface area (Å²) in [6.07, 6.45) is 0. The van der Waals surface area contributed by atoms with Crippen molar-refractivity contribution in [2.75, 3.05) is 6.54 Å². The maximum atomic E-state index is 12.5. The Balaban J connectivity index is 2.43. The van der Waals surface area contributed by atoms with E-state index in [0.29, 0.717) is 10.8 Å². The fourth-order valence-corrected chi connectivity index (χ4v) is 4.72. The molecule has 0 radical (unpaired) electrons. The van der Waals surface area contributed by atoms with Gasteiger partial charge >= 0.3 is 0 Å². The molecule has 0 bridgehead atoms. The van der Waals surface area contributed by atoms with Gasteiger partial charge in [-0.1, -0.05) is 35.9 Å². The summed E-state index contributed by atoms with van der Waals surface area (Å²) in [7, 11) is -3.32. The van der Waals surface area contributed by atoms with Crippen LogP contribution in [0, 0.1) is 6.92 Å². The molecule has 2 aromatic rings. The second kappa shape index (κ2) is 5.22. The highest BCUT2D eigenvalue weighted by Gasteiger charge is 2.30. The minimum Gasteiger partial charge on any atom is -0.356 e. The van der Waals surface area contributed by atoms with Crippen molar-refractivity contribution in [3.05, 3.63) is 52.9 Å². The van der Waals surface area contributed by atoms with Crippen LogP contribution in [0.5, 0.6) is 0 Å². The number of thiophene rings is 1. The second-order valence-electron chi connectivity index (χ2n) is 4.17. The van der Waals surface area contributed by atoms with Gasteiger partial charge in [-0.2, -0.15) is 0 Å². The standard InChI is InChI=1S/C13H15NO2S2/c1-10-4-6-11(7-5-10)12(9-14)18(15,16)13-3-2-8-17-13/h2-8,12H,9,14H2,1H3/p+1/t12-/m0/s1. The van der Waals surface area contributed by atoms with Crippen LogP contribution >= 0.6 is 11.3 Å². The third kappa shape index (κ3) is 2.48. The Morgan fingerprint density at radius 2 is 1.89 bits per heavy atom. The van der Waals surface area contributed by atoms with Gasteiger partial charge in [0.1, 0.15) is 9.46 Å². The smallest absolute Gasteiger partial charge is 0.200 e. The van der Waals surface area contributed by atoms with Crippen LogP contribution in [-0.2, 0) is 9.84 Å². The quantitative estimate of drug-likeness (QED) is 0.929. The molecule has 1 aromatic heterocycles. The number of rotatable bonds is 4. The van der Waals surface area contributed by atoms with Crippen molar-refractivity contribution in [2.45, 2.75) is 16.4 Å². The number of benzene rings is 1. The zero-order valence-electron chi connectivity index (χ0n) is 10.2. The Bertz CT molecular complexity index is 601. The highest BCUT2D eigenvalue weighted by molar-refractivity contribution is 7.93.